The van der Waals surface area contributed by atoms with Gasteiger partial charge in [0.05, 0.1) is 25.1 Å². The maximum Gasteiger partial charge on any atom is 0.348 e. The lowest BCUT2D eigenvalue weighted by atomic mass is 9.95. The molecule has 0 spiro atoms. The Morgan fingerprint density at radius 1 is 1.16 bits per heavy atom. The molecule has 1 aliphatic heterocycles. The summed E-state index contributed by atoms with van der Waals surface area (Å²) in [5, 5.41) is 27.7. The number of halogens is 1. The molecular weight excluding hydrogens is 483 g/mol. The van der Waals surface area contributed by atoms with Gasteiger partial charge in [-0.2, -0.15) is 5.10 Å². The topological polar surface area (TPSA) is 139 Å². The van der Waals surface area contributed by atoms with E-state index in [4.69, 9.17) is 9.15 Å². The molecule has 11 heteroatoms. The molecular formula is C26H21FN4O6. The second kappa shape index (κ2) is 9.26. The third-order valence-corrected chi connectivity index (χ3v) is 5.97. The summed E-state index contributed by atoms with van der Waals surface area (Å²) in [6.45, 7) is 1.53. The first kappa shape index (κ1) is 23.8. The average Bonchev–Trinajstić information content (AvgIpc) is 3.29. The van der Waals surface area contributed by atoms with Gasteiger partial charge in [-0.05, 0) is 48.9 Å². The number of amides is 1. The summed E-state index contributed by atoms with van der Waals surface area (Å²) in [7, 11) is 1.42. The van der Waals surface area contributed by atoms with E-state index in [2.05, 4.69) is 15.4 Å². The number of hydrogen-bond acceptors (Lipinski definition) is 8. The number of carbonyl (C=O) groups is 1. The lowest BCUT2D eigenvalue weighted by Gasteiger charge is -2.25. The van der Waals surface area contributed by atoms with Gasteiger partial charge in [0.1, 0.15) is 28.5 Å². The number of aryl methyl sites for hydroxylation is 1. The normalized spacial score (nSPS) is 14.6. The van der Waals surface area contributed by atoms with E-state index >= 15 is 0 Å². The van der Waals surface area contributed by atoms with E-state index in [9.17, 15) is 24.2 Å². The van der Waals surface area contributed by atoms with E-state index in [0.717, 1.165) is 0 Å². The summed E-state index contributed by atoms with van der Waals surface area (Å²) in [4.78, 5) is 30.4. The van der Waals surface area contributed by atoms with E-state index in [1.54, 1.807) is 12.1 Å². The van der Waals surface area contributed by atoms with Crippen molar-refractivity contribution in [2.24, 2.45) is 4.99 Å². The number of nitrogens with zero attached hydrogens (tertiary/aromatic N) is 3. The number of aliphatic imine (C=N–C) groups is 1. The van der Waals surface area contributed by atoms with Crippen LogP contribution in [0.4, 0.5) is 15.9 Å². The number of phenolic OH excluding ortho intramolecular Hbond substituents is 1. The zero-order valence-electron chi connectivity index (χ0n) is 19.7. The Morgan fingerprint density at radius 2 is 1.92 bits per heavy atom. The summed E-state index contributed by atoms with van der Waals surface area (Å²) >= 11 is 0. The van der Waals surface area contributed by atoms with Gasteiger partial charge in [-0.15, -0.1) is 0 Å². The number of fused-ring (bicyclic) bond motifs is 1. The van der Waals surface area contributed by atoms with Gasteiger partial charge in [-0.3, -0.25) is 4.79 Å². The molecule has 10 nitrogen and oxygen atoms in total. The van der Waals surface area contributed by atoms with Crippen molar-refractivity contribution < 1.29 is 28.6 Å². The Morgan fingerprint density at radius 3 is 2.62 bits per heavy atom. The quantitative estimate of drug-likeness (QED) is 0.372. The fraction of sp³-hybridized carbons (Fsp3) is 0.154. The lowest BCUT2D eigenvalue weighted by molar-refractivity contribution is 0.102. The van der Waals surface area contributed by atoms with Crippen LogP contribution in [0.25, 0.3) is 0 Å². The average molecular weight is 504 g/mol. The van der Waals surface area contributed by atoms with Gasteiger partial charge < -0.3 is 24.7 Å². The second-order valence-corrected chi connectivity index (χ2v) is 8.40. The number of nitrogens with one attached hydrogen (secondary N) is 1. The molecule has 1 atom stereocenters. The number of carbonyl (C=O) groups excluding carboxylic acids is 1. The Bertz CT molecular complexity index is 1610. The number of anilines is 1. The summed E-state index contributed by atoms with van der Waals surface area (Å²) in [5.41, 5.74) is 0.388. The maximum atomic E-state index is 13.3. The van der Waals surface area contributed by atoms with Crippen LogP contribution in [0.15, 0.2) is 68.9 Å². The van der Waals surface area contributed by atoms with E-state index in [1.165, 1.54) is 61.3 Å². The number of rotatable bonds is 5. The minimum absolute atomic E-state index is 0.0622. The van der Waals surface area contributed by atoms with Crippen LogP contribution in [0, 0.1) is 12.7 Å². The fourth-order valence-electron chi connectivity index (χ4n) is 4.21. The Balaban J connectivity index is 1.64. The van der Waals surface area contributed by atoms with Crippen molar-refractivity contribution in [3.63, 3.8) is 0 Å². The van der Waals surface area contributed by atoms with Crippen molar-refractivity contribution in [2.45, 2.75) is 19.4 Å². The minimum atomic E-state index is -0.774. The SMILES string of the molecule is COc1cc(C2CC(c3c(O)cc(C)oc3=O)=Nc3c(C(=O)Nc4ccc(F)cc4)cnn32)ccc1O. The number of phenols is 1. The second-order valence-electron chi connectivity index (χ2n) is 8.40. The summed E-state index contributed by atoms with van der Waals surface area (Å²) in [6, 6.07) is 10.7. The van der Waals surface area contributed by atoms with Gasteiger partial charge in [0, 0.05) is 18.2 Å². The highest BCUT2D eigenvalue weighted by Gasteiger charge is 2.32. The van der Waals surface area contributed by atoms with Crippen LogP contribution in [0.5, 0.6) is 17.2 Å². The molecule has 0 saturated carbocycles. The standard InChI is InChI=1S/C26H21FN4O6/c1-13-9-21(33)23(26(35)37-13)18-11-19(14-3-8-20(32)22(10-14)36-2)31-24(30-18)17(12-28-31)25(34)29-16-6-4-15(27)5-7-16/h3-10,12,19,32-33H,11H2,1-2H3,(H,29,34). The third kappa shape index (κ3) is 4.42. The molecule has 0 radical (unpaired) electrons. The van der Waals surface area contributed by atoms with Gasteiger partial charge >= 0.3 is 5.63 Å². The predicted octanol–water partition coefficient (Wildman–Crippen LogP) is 4.07. The van der Waals surface area contributed by atoms with Gasteiger partial charge in [-0.25, -0.2) is 18.9 Å². The van der Waals surface area contributed by atoms with Crippen LogP contribution in [-0.2, 0) is 0 Å². The summed E-state index contributed by atoms with van der Waals surface area (Å²) < 4.78 is 25.2. The van der Waals surface area contributed by atoms with Crippen molar-refractivity contribution in [2.75, 3.05) is 12.4 Å². The largest absolute Gasteiger partial charge is 0.507 e. The molecule has 0 bridgehead atoms. The maximum absolute atomic E-state index is 13.3. The van der Waals surface area contributed by atoms with Crippen LogP contribution >= 0.6 is 0 Å². The van der Waals surface area contributed by atoms with Gasteiger partial charge in [-0.1, -0.05) is 6.07 Å². The molecule has 1 unspecified atom stereocenters. The molecule has 37 heavy (non-hydrogen) atoms. The Labute approximate surface area is 209 Å². The van der Waals surface area contributed by atoms with Crippen molar-refractivity contribution >= 4 is 23.1 Å². The summed E-state index contributed by atoms with van der Waals surface area (Å²) in [6.07, 6.45) is 1.45. The highest BCUT2D eigenvalue weighted by atomic mass is 19.1. The number of benzene rings is 2. The number of ether oxygens (including phenoxy) is 1. The molecule has 3 heterocycles. The van der Waals surface area contributed by atoms with E-state index in [0.29, 0.717) is 11.3 Å². The molecule has 4 aromatic rings. The zero-order chi connectivity index (χ0) is 26.3. The van der Waals surface area contributed by atoms with Gasteiger partial charge in [0.2, 0.25) is 0 Å². The fourth-order valence-corrected chi connectivity index (χ4v) is 4.21. The van der Waals surface area contributed by atoms with Gasteiger partial charge in [0.15, 0.2) is 17.3 Å². The molecule has 188 valence electrons. The van der Waals surface area contributed by atoms with Crippen molar-refractivity contribution in [3.05, 3.63) is 93.4 Å². The molecule has 5 rings (SSSR count). The number of hydrogen-bond donors (Lipinski definition) is 3. The molecule has 1 amide bonds. The van der Waals surface area contributed by atoms with Crippen molar-refractivity contribution in [1.29, 1.82) is 0 Å². The molecule has 3 N–H and O–H groups in total. The first-order valence-corrected chi connectivity index (χ1v) is 11.2. The molecule has 0 fully saturated rings. The van der Waals surface area contributed by atoms with Crippen LogP contribution in [0.2, 0.25) is 0 Å². The van der Waals surface area contributed by atoms with Crippen LogP contribution in [0.1, 0.15) is 39.7 Å². The first-order valence-electron chi connectivity index (χ1n) is 11.2. The number of methoxy groups -OCH3 is 1. The van der Waals surface area contributed by atoms with Crippen LogP contribution < -0.4 is 15.7 Å². The van der Waals surface area contributed by atoms with Crippen LogP contribution in [0.3, 0.4) is 0 Å². The molecule has 0 aliphatic carbocycles. The van der Waals surface area contributed by atoms with Crippen LogP contribution in [-0.4, -0.2) is 38.7 Å². The van der Waals surface area contributed by atoms with Crippen molar-refractivity contribution in [3.8, 4) is 17.2 Å². The Kier molecular flexibility index (Phi) is 5.96. The molecule has 1 aliphatic rings. The predicted molar refractivity (Wildman–Crippen MR) is 132 cm³/mol. The minimum Gasteiger partial charge on any atom is -0.507 e. The van der Waals surface area contributed by atoms with Gasteiger partial charge in [0.25, 0.3) is 5.91 Å². The number of aromatic hydroxyl groups is 2. The molecule has 0 saturated heterocycles. The first-order chi connectivity index (χ1) is 17.7. The lowest BCUT2D eigenvalue weighted by Crippen LogP contribution is -2.25. The third-order valence-electron chi connectivity index (χ3n) is 5.97. The molecule has 2 aromatic carbocycles. The van der Waals surface area contributed by atoms with E-state index in [1.807, 2.05) is 0 Å². The van der Waals surface area contributed by atoms with E-state index < -0.39 is 23.4 Å². The molecule has 2 aromatic heterocycles. The van der Waals surface area contributed by atoms with Crippen molar-refractivity contribution in [1.82, 2.24) is 9.78 Å². The monoisotopic (exact) mass is 504 g/mol. The number of aromatic nitrogens is 2. The zero-order valence-corrected chi connectivity index (χ0v) is 19.7. The summed E-state index contributed by atoms with van der Waals surface area (Å²) in [5.74, 6) is -0.779. The smallest absolute Gasteiger partial charge is 0.348 e. The highest BCUT2D eigenvalue weighted by Crippen LogP contribution is 2.39. The van der Waals surface area contributed by atoms with E-state index in [-0.39, 0.29) is 52.1 Å². The Hall–Kier alpha value is -4.93. The highest BCUT2D eigenvalue weighted by molar-refractivity contribution is 6.10.